The van der Waals surface area contributed by atoms with E-state index in [0.717, 1.165) is 12.4 Å². The normalized spacial score (nSPS) is 11.5. The number of pyridine rings is 1. The second-order valence-corrected chi connectivity index (χ2v) is 5.34. The molecule has 0 spiro atoms. The van der Waals surface area contributed by atoms with E-state index in [9.17, 15) is 4.39 Å². The Morgan fingerprint density at radius 1 is 1.29 bits per heavy atom. The monoisotopic (exact) mass is 238 g/mol. The molecule has 17 heavy (non-hydrogen) atoms. The van der Waals surface area contributed by atoms with Gasteiger partial charge in [0.2, 0.25) is 0 Å². The van der Waals surface area contributed by atoms with Crippen molar-refractivity contribution in [1.82, 2.24) is 4.98 Å². The SMILES string of the molecule is CCCCCC(C)(C)CNc1ccc(F)cn1. The van der Waals surface area contributed by atoms with Gasteiger partial charge in [0, 0.05) is 6.54 Å². The summed E-state index contributed by atoms with van der Waals surface area (Å²) in [7, 11) is 0. The molecule has 1 N–H and O–H groups in total. The molecular formula is C14H23FN2. The van der Waals surface area contributed by atoms with Crippen LogP contribution in [0.3, 0.4) is 0 Å². The molecular weight excluding hydrogens is 215 g/mol. The van der Waals surface area contributed by atoms with Gasteiger partial charge in [-0.1, -0.05) is 40.0 Å². The van der Waals surface area contributed by atoms with Crippen LogP contribution < -0.4 is 5.32 Å². The maximum absolute atomic E-state index is 12.7. The molecule has 96 valence electrons. The van der Waals surface area contributed by atoms with E-state index in [-0.39, 0.29) is 11.2 Å². The van der Waals surface area contributed by atoms with Crippen molar-refractivity contribution in [3.05, 3.63) is 24.1 Å². The van der Waals surface area contributed by atoms with Crippen molar-refractivity contribution in [3.8, 4) is 0 Å². The molecule has 0 fully saturated rings. The number of anilines is 1. The molecule has 0 amide bonds. The Bertz CT molecular complexity index is 319. The Kier molecular flexibility index (Phi) is 5.39. The summed E-state index contributed by atoms with van der Waals surface area (Å²) in [5.74, 6) is 0.452. The highest BCUT2D eigenvalue weighted by Gasteiger charge is 2.16. The van der Waals surface area contributed by atoms with Crippen molar-refractivity contribution in [1.29, 1.82) is 0 Å². The molecule has 0 saturated carbocycles. The van der Waals surface area contributed by atoms with Crippen LogP contribution in [0.25, 0.3) is 0 Å². The largest absolute Gasteiger partial charge is 0.370 e. The predicted octanol–water partition coefficient (Wildman–Crippen LogP) is 4.24. The number of hydrogen-bond acceptors (Lipinski definition) is 2. The molecule has 0 saturated heterocycles. The molecule has 3 heteroatoms. The van der Waals surface area contributed by atoms with E-state index in [1.807, 2.05) is 0 Å². The molecule has 1 heterocycles. The summed E-state index contributed by atoms with van der Waals surface area (Å²) >= 11 is 0. The first-order chi connectivity index (χ1) is 8.03. The summed E-state index contributed by atoms with van der Waals surface area (Å²) < 4.78 is 12.7. The van der Waals surface area contributed by atoms with Crippen LogP contribution in [0.15, 0.2) is 18.3 Å². The van der Waals surface area contributed by atoms with Gasteiger partial charge < -0.3 is 5.32 Å². The predicted molar refractivity (Wildman–Crippen MR) is 70.6 cm³/mol. The molecule has 0 aliphatic heterocycles. The topological polar surface area (TPSA) is 24.9 Å². The maximum Gasteiger partial charge on any atom is 0.141 e. The van der Waals surface area contributed by atoms with Crippen molar-refractivity contribution in [3.63, 3.8) is 0 Å². The van der Waals surface area contributed by atoms with Crippen LogP contribution in [-0.4, -0.2) is 11.5 Å². The van der Waals surface area contributed by atoms with E-state index in [1.54, 1.807) is 6.07 Å². The fourth-order valence-electron chi connectivity index (χ4n) is 1.75. The molecule has 0 atom stereocenters. The molecule has 1 aromatic rings. The van der Waals surface area contributed by atoms with Crippen LogP contribution >= 0.6 is 0 Å². The Morgan fingerprint density at radius 2 is 2.06 bits per heavy atom. The third kappa shape index (κ3) is 5.66. The fraction of sp³-hybridized carbons (Fsp3) is 0.643. The van der Waals surface area contributed by atoms with E-state index in [2.05, 4.69) is 31.1 Å². The molecule has 0 radical (unpaired) electrons. The van der Waals surface area contributed by atoms with Crippen LogP contribution in [0.5, 0.6) is 0 Å². The number of nitrogens with one attached hydrogen (secondary N) is 1. The lowest BCUT2D eigenvalue weighted by Crippen LogP contribution is -2.23. The van der Waals surface area contributed by atoms with Gasteiger partial charge in [-0.2, -0.15) is 0 Å². The van der Waals surface area contributed by atoms with Crippen LogP contribution in [-0.2, 0) is 0 Å². The van der Waals surface area contributed by atoms with Crippen molar-refractivity contribution < 1.29 is 4.39 Å². The summed E-state index contributed by atoms with van der Waals surface area (Å²) in [6.07, 6.45) is 6.25. The summed E-state index contributed by atoms with van der Waals surface area (Å²) in [6, 6.07) is 3.11. The van der Waals surface area contributed by atoms with Crippen LogP contribution in [0.2, 0.25) is 0 Å². The van der Waals surface area contributed by atoms with Gasteiger partial charge in [0.25, 0.3) is 0 Å². The van der Waals surface area contributed by atoms with Crippen molar-refractivity contribution >= 4 is 5.82 Å². The molecule has 0 aliphatic rings. The lowest BCUT2D eigenvalue weighted by molar-refractivity contribution is 0.342. The summed E-state index contributed by atoms with van der Waals surface area (Å²) in [6.45, 7) is 7.58. The van der Waals surface area contributed by atoms with Crippen molar-refractivity contribution in [2.75, 3.05) is 11.9 Å². The van der Waals surface area contributed by atoms with Crippen LogP contribution in [0, 0.1) is 11.2 Å². The van der Waals surface area contributed by atoms with E-state index in [4.69, 9.17) is 0 Å². The van der Waals surface area contributed by atoms with Gasteiger partial charge >= 0.3 is 0 Å². The number of aromatic nitrogens is 1. The zero-order valence-corrected chi connectivity index (χ0v) is 11.1. The van der Waals surface area contributed by atoms with Gasteiger partial charge in [0.1, 0.15) is 11.6 Å². The van der Waals surface area contributed by atoms with Crippen LogP contribution in [0.1, 0.15) is 46.5 Å². The highest BCUT2D eigenvalue weighted by Crippen LogP contribution is 2.24. The second kappa shape index (κ2) is 6.58. The van der Waals surface area contributed by atoms with Crippen LogP contribution in [0.4, 0.5) is 10.2 Å². The molecule has 0 aliphatic carbocycles. The van der Waals surface area contributed by atoms with Gasteiger partial charge in [-0.15, -0.1) is 0 Å². The molecule has 0 aromatic carbocycles. The number of rotatable bonds is 7. The standard InChI is InChI=1S/C14H23FN2/c1-4-5-6-9-14(2,3)11-17-13-8-7-12(15)10-16-13/h7-8,10H,4-6,9,11H2,1-3H3,(H,16,17). The summed E-state index contributed by atoms with van der Waals surface area (Å²) in [5.41, 5.74) is 0.255. The van der Waals surface area contributed by atoms with Crippen molar-refractivity contribution in [2.45, 2.75) is 46.5 Å². The highest BCUT2D eigenvalue weighted by atomic mass is 19.1. The van der Waals surface area contributed by atoms with E-state index >= 15 is 0 Å². The Hall–Kier alpha value is -1.12. The van der Waals surface area contributed by atoms with E-state index < -0.39 is 0 Å². The van der Waals surface area contributed by atoms with E-state index in [0.29, 0.717) is 0 Å². The van der Waals surface area contributed by atoms with Gasteiger partial charge in [0.05, 0.1) is 6.20 Å². The molecule has 0 unspecified atom stereocenters. The van der Waals surface area contributed by atoms with Gasteiger partial charge in [0.15, 0.2) is 0 Å². The number of halogens is 1. The maximum atomic E-state index is 12.7. The summed E-state index contributed by atoms with van der Waals surface area (Å²) in [5, 5.41) is 3.26. The Morgan fingerprint density at radius 3 is 2.65 bits per heavy atom. The first kappa shape index (κ1) is 13.9. The second-order valence-electron chi connectivity index (χ2n) is 5.34. The average molecular weight is 238 g/mol. The minimum Gasteiger partial charge on any atom is -0.370 e. The first-order valence-electron chi connectivity index (χ1n) is 6.39. The zero-order valence-electron chi connectivity index (χ0n) is 11.1. The minimum atomic E-state index is -0.294. The fourth-order valence-corrected chi connectivity index (χ4v) is 1.75. The third-order valence-corrected chi connectivity index (χ3v) is 2.93. The smallest absolute Gasteiger partial charge is 0.141 e. The van der Waals surface area contributed by atoms with E-state index in [1.165, 1.54) is 37.9 Å². The third-order valence-electron chi connectivity index (χ3n) is 2.93. The number of nitrogens with zero attached hydrogens (tertiary/aromatic N) is 1. The summed E-state index contributed by atoms with van der Waals surface area (Å²) in [4.78, 5) is 3.99. The average Bonchev–Trinajstić information content (AvgIpc) is 2.29. The van der Waals surface area contributed by atoms with Gasteiger partial charge in [-0.3, -0.25) is 0 Å². The highest BCUT2D eigenvalue weighted by molar-refractivity contribution is 5.33. The minimum absolute atomic E-state index is 0.255. The Balaban J connectivity index is 2.35. The molecule has 1 rings (SSSR count). The molecule has 1 aromatic heterocycles. The number of hydrogen-bond donors (Lipinski definition) is 1. The number of unbranched alkanes of at least 4 members (excludes halogenated alkanes) is 2. The zero-order chi connectivity index (χ0) is 12.7. The quantitative estimate of drug-likeness (QED) is 0.719. The van der Waals surface area contributed by atoms with Crippen molar-refractivity contribution in [2.24, 2.45) is 5.41 Å². The lowest BCUT2D eigenvalue weighted by Gasteiger charge is -2.25. The lowest BCUT2D eigenvalue weighted by atomic mass is 9.87. The molecule has 0 bridgehead atoms. The Labute approximate surface area is 104 Å². The molecule has 2 nitrogen and oxygen atoms in total. The van der Waals surface area contributed by atoms with Gasteiger partial charge in [-0.25, -0.2) is 9.37 Å². The first-order valence-corrected chi connectivity index (χ1v) is 6.39. The van der Waals surface area contributed by atoms with Gasteiger partial charge in [-0.05, 0) is 24.0 Å².